The maximum atomic E-state index is 4.52. The van der Waals surface area contributed by atoms with Gasteiger partial charge in [-0.05, 0) is 26.3 Å². The molecule has 1 N–H and O–H groups in total. The van der Waals surface area contributed by atoms with Crippen LogP contribution in [0.15, 0.2) is 5.38 Å². The number of piperidine rings is 1. The molecule has 1 aromatic rings. The van der Waals surface area contributed by atoms with E-state index in [9.17, 15) is 0 Å². The molecule has 0 bridgehead atoms. The van der Waals surface area contributed by atoms with Gasteiger partial charge in [0.1, 0.15) is 0 Å². The van der Waals surface area contributed by atoms with Crippen molar-refractivity contribution in [2.45, 2.75) is 39.3 Å². The molecule has 1 aliphatic heterocycles. The van der Waals surface area contributed by atoms with Gasteiger partial charge in [-0.15, -0.1) is 11.3 Å². The van der Waals surface area contributed by atoms with Gasteiger partial charge in [0, 0.05) is 31.1 Å². The molecule has 0 radical (unpaired) electrons. The molecule has 1 fully saturated rings. The number of hydrogen-bond acceptors (Lipinski definition) is 4. The minimum Gasteiger partial charge on any atom is -0.314 e. The fourth-order valence-electron chi connectivity index (χ4n) is 2.29. The van der Waals surface area contributed by atoms with Gasteiger partial charge in [0.2, 0.25) is 0 Å². The van der Waals surface area contributed by atoms with E-state index in [1.807, 2.05) is 0 Å². The normalized spacial score (nSPS) is 19.1. The monoisotopic (exact) mass is 239 g/mol. The van der Waals surface area contributed by atoms with Crippen LogP contribution in [-0.2, 0) is 6.54 Å². The zero-order chi connectivity index (χ0) is 11.4. The van der Waals surface area contributed by atoms with E-state index < -0.39 is 0 Å². The third kappa shape index (κ3) is 3.27. The second kappa shape index (κ2) is 5.75. The Morgan fingerprint density at radius 2 is 2.25 bits per heavy atom. The first-order valence-corrected chi connectivity index (χ1v) is 7.02. The van der Waals surface area contributed by atoms with Gasteiger partial charge in [-0.2, -0.15) is 0 Å². The second-order valence-electron chi connectivity index (χ2n) is 4.47. The summed E-state index contributed by atoms with van der Waals surface area (Å²) in [5.41, 5.74) is 1.24. The molecule has 0 atom stereocenters. The van der Waals surface area contributed by atoms with Crippen molar-refractivity contribution in [2.75, 3.05) is 19.6 Å². The van der Waals surface area contributed by atoms with Crippen molar-refractivity contribution in [3.63, 3.8) is 0 Å². The van der Waals surface area contributed by atoms with E-state index in [0.717, 1.165) is 19.1 Å². The standard InChI is InChI=1S/C12H21N3S/c1-3-13-11-4-6-15(7-5-11)8-12-9-16-10(2)14-12/h9,11,13H,3-8H2,1-2H3. The van der Waals surface area contributed by atoms with E-state index in [-0.39, 0.29) is 0 Å². The molecule has 90 valence electrons. The third-order valence-electron chi connectivity index (χ3n) is 3.13. The average molecular weight is 239 g/mol. The van der Waals surface area contributed by atoms with Crippen molar-refractivity contribution in [1.29, 1.82) is 0 Å². The number of aryl methyl sites for hydroxylation is 1. The number of rotatable bonds is 4. The predicted octanol–water partition coefficient (Wildman–Crippen LogP) is 2.03. The second-order valence-corrected chi connectivity index (χ2v) is 5.53. The third-order valence-corrected chi connectivity index (χ3v) is 3.95. The summed E-state index contributed by atoms with van der Waals surface area (Å²) in [7, 11) is 0. The SMILES string of the molecule is CCNC1CCN(Cc2csc(C)n2)CC1. The van der Waals surface area contributed by atoms with Crippen LogP contribution >= 0.6 is 11.3 Å². The largest absolute Gasteiger partial charge is 0.314 e. The molecule has 1 aromatic heterocycles. The van der Waals surface area contributed by atoms with Gasteiger partial charge in [-0.3, -0.25) is 4.90 Å². The van der Waals surface area contributed by atoms with E-state index in [1.165, 1.54) is 36.6 Å². The summed E-state index contributed by atoms with van der Waals surface area (Å²) >= 11 is 1.75. The molecule has 0 aliphatic carbocycles. The molecule has 0 amide bonds. The fraction of sp³-hybridized carbons (Fsp3) is 0.750. The summed E-state index contributed by atoms with van der Waals surface area (Å²) in [5.74, 6) is 0. The molecule has 2 heterocycles. The van der Waals surface area contributed by atoms with Crippen molar-refractivity contribution in [2.24, 2.45) is 0 Å². The smallest absolute Gasteiger partial charge is 0.0897 e. The maximum Gasteiger partial charge on any atom is 0.0897 e. The first-order valence-electron chi connectivity index (χ1n) is 6.14. The minimum atomic E-state index is 0.735. The molecule has 0 unspecified atom stereocenters. The van der Waals surface area contributed by atoms with E-state index in [2.05, 4.69) is 34.4 Å². The molecule has 16 heavy (non-hydrogen) atoms. The van der Waals surface area contributed by atoms with E-state index in [0.29, 0.717) is 0 Å². The van der Waals surface area contributed by atoms with Crippen molar-refractivity contribution < 1.29 is 0 Å². The van der Waals surface area contributed by atoms with E-state index in [1.54, 1.807) is 11.3 Å². The Hall–Kier alpha value is -0.450. The number of nitrogens with one attached hydrogen (secondary N) is 1. The summed E-state index contributed by atoms with van der Waals surface area (Å²) in [6.07, 6.45) is 2.55. The van der Waals surface area contributed by atoms with Crippen LogP contribution in [-0.4, -0.2) is 35.6 Å². The summed E-state index contributed by atoms with van der Waals surface area (Å²) in [6.45, 7) is 8.79. The highest BCUT2D eigenvalue weighted by molar-refractivity contribution is 7.09. The highest BCUT2D eigenvalue weighted by atomic mass is 32.1. The molecule has 0 spiro atoms. The summed E-state index contributed by atoms with van der Waals surface area (Å²) in [5, 5.41) is 6.90. The Morgan fingerprint density at radius 3 is 2.81 bits per heavy atom. The summed E-state index contributed by atoms with van der Waals surface area (Å²) in [4.78, 5) is 7.04. The quantitative estimate of drug-likeness (QED) is 0.871. The zero-order valence-electron chi connectivity index (χ0n) is 10.2. The van der Waals surface area contributed by atoms with Crippen molar-refractivity contribution in [3.05, 3.63) is 16.1 Å². The number of aromatic nitrogens is 1. The Morgan fingerprint density at radius 1 is 1.50 bits per heavy atom. The Kier molecular flexibility index (Phi) is 4.32. The number of hydrogen-bond donors (Lipinski definition) is 1. The summed E-state index contributed by atoms with van der Waals surface area (Å²) < 4.78 is 0. The molecule has 1 saturated heterocycles. The highest BCUT2D eigenvalue weighted by Crippen LogP contribution is 2.15. The lowest BCUT2D eigenvalue weighted by atomic mass is 10.1. The van der Waals surface area contributed by atoms with Gasteiger partial charge in [0.05, 0.1) is 10.7 Å². The topological polar surface area (TPSA) is 28.2 Å². The van der Waals surface area contributed by atoms with E-state index in [4.69, 9.17) is 0 Å². The minimum absolute atomic E-state index is 0.735. The van der Waals surface area contributed by atoms with Crippen molar-refractivity contribution in [1.82, 2.24) is 15.2 Å². The molecular formula is C12H21N3S. The van der Waals surface area contributed by atoms with Crippen LogP contribution in [0.3, 0.4) is 0 Å². The highest BCUT2D eigenvalue weighted by Gasteiger charge is 2.18. The zero-order valence-corrected chi connectivity index (χ0v) is 11.0. The van der Waals surface area contributed by atoms with Gasteiger partial charge in [-0.25, -0.2) is 4.98 Å². The van der Waals surface area contributed by atoms with Crippen molar-refractivity contribution >= 4 is 11.3 Å². The van der Waals surface area contributed by atoms with Gasteiger partial charge in [-0.1, -0.05) is 6.92 Å². The number of likely N-dealkylation sites (tertiary alicyclic amines) is 1. The predicted molar refractivity (Wildman–Crippen MR) is 68.8 cm³/mol. The Labute approximate surface area is 102 Å². The van der Waals surface area contributed by atoms with Gasteiger partial charge < -0.3 is 5.32 Å². The Bertz CT molecular complexity index is 316. The van der Waals surface area contributed by atoms with Gasteiger partial charge in [0.25, 0.3) is 0 Å². The lowest BCUT2D eigenvalue weighted by Gasteiger charge is -2.31. The molecule has 1 aliphatic rings. The molecule has 0 saturated carbocycles. The molecule has 2 rings (SSSR count). The van der Waals surface area contributed by atoms with Crippen LogP contribution in [0.1, 0.15) is 30.5 Å². The lowest BCUT2D eigenvalue weighted by molar-refractivity contribution is 0.190. The first kappa shape index (κ1) is 12.0. The van der Waals surface area contributed by atoms with Gasteiger partial charge >= 0.3 is 0 Å². The average Bonchev–Trinajstić information content (AvgIpc) is 2.67. The molecule has 0 aromatic carbocycles. The number of thiazole rings is 1. The van der Waals surface area contributed by atoms with Crippen LogP contribution in [0, 0.1) is 6.92 Å². The van der Waals surface area contributed by atoms with Crippen LogP contribution in [0.4, 0.5) is 0 Å². The Balaban J connectivity index is 1.77. The molecular weight excluding hydrogens is 218 g/mol. The maximum absolute atomic E-state index is 4.52. The van der Waals surface area contributed by atoms with Crippen LogP contribution in [0.5, 0.6) is 0 Å². The summed E-state index contributed by atoms with van der Waals surface area (Å²) in [6, 6.07) is 0.735. The fourth-order valence-corrected chi connectivity index (χ4v) is 2.90. The van der Waals surface area contributed by atoms with E-state index >= 15 is 0 Å². The first-order chi connectivity index (χ1) is 7.78. The molecule has 4 heteroatoms. The van der Waals surface area contributed by atoms with Crippen LogP contribution < -0.4 is 5.32 Å². The lowest BCUT2D eigenvalue weighted by Crippen LogP contribution is -2.42. The molecule has 3 nitrogen and oxygen atoms in total. The van der Waals surface area contributed by atoms with Crippen LogP contribution in [0.2, 0.25) is 0 Å². The van der Waals surface area contributed by atoms with Crippen LogP contribution in [0.25, 0.3) is 0 Å². The van der Waals surface area contributed by atoms with Gasteiger partial charge in [0.15, 0.2) is 0 Å². The number of nitrogens with zero attached hydrogens (tertiary/aromatic N) is 2. The van der Waals surface area contributed by atoms with Crippen molar-refractivity contribution in [3.8, 4) is 0 Å².